The number of nitrogens with zero attached hydrogens (tertiary/aromatic N) is 1. The molecule has 1 aliphatic heterocycles. The van der Waals surface area contributed by atoms with Crippen LogP contribution in [0.5, 0.6) is 5.75 Å². The first kappa shape index (κ1) is 14.6. The van der Waals surface area contributed by atoms with E-state index in [1.54, 1.807) is 0 Å². The second kappa shape index (κ2) is 7.10. The summed E-state index contributed by atoms with van der Waals surface area (Å²) >= 11 is 0. The number of ether oxygens (including phenoxy) is 1. The Kier molecular flexibility index (Phi) is 5.18. The molecule has 1 aromatic carbocycles. The Hall–Kier alpha value is -1.81. The summed E-state index contributed by atoms with van der Waals surface area (Å²) < 4.78 is 5.69. The maximum Gasteiger partial charge on any atom is 0.263 e. The number of carbonyl (C=O) groups excluding carboxylic acids is 1. The molecule has 0 bridgehead atoms. The average Bonchev–Trinajstić information content (AvgIpc) is 2.48. The van der Waals surface area contributed by atoms with Gasteiger partial charge in [0.05, 0.1) is 32.7 Å². The van der Waals surface area contributed by atoms with Crippen molar-refractivity contribution in [1.29, 1.82) is 0 Å². The van der Waals surface area contributed by atoms with Crippen molar-refractivity contribution in [3.8, 4) is 5.75 Å². The fourth-order valence-corrected chi connectivity index (χ4v) is 2.46. The van der Waals surface area contributed by atoms with Crippen molar-refractivity contribution in [1.82, 2.24) is 4.90 Å². The Labute approximate surface area is 120 Å². The summed E-state index contributed by atoms with van der Waals surface area (Å²) in [5.74, 6) is 0.816. The number of benzene rings is 1. The van der Waals surface area contributed by atoms with Crippen LogP contribution in [0, 0.1) is 0 Å². The molecule has 108 valence electrons. The van der Waals surface area contributed by atoms with Crippen LogP contribution in [0.15, 0.2) is 43.0 Å². The van der Waals surface area contributed by atoms with Gasteiger partial charge in [0.25, 0.3) is 5.91 Å². The second-order valence-electron chi connectivity index (χ2n) is 5.14. The Morgan fingerprint density at radius 3 is 2.65 bits per heavy atom. The third-order valence-electron chi connectivity index (χ3n) is 3.62. The van der Waals surface area contributed by atoms with Crippen molar-refractivity contribution in [3.05, 3.63) is 43.0 Å². The lowest BCUT2D eigenvalue weighted by molar-refractivity contribution is -0.898. The van der Waals surface area contributed by atoms with Gasteiger partial charge in [-0.1, -0.05) is 24.8 Å². The fraction of sp³-hybridized carbons (Fsp3) is 0.438. The van der Waals surface area contributed by atoms with E-state index in [0.29, 0.717) is 0 Å². The topological polar surface area (TPSA) is 34.0 Å². The molecule has 1 N–H and O–H groups in total. The standard InChI is InChI=1S/C16H22N2O2/c1-3-9-17-10-12-18(13-11-17)16(19)14(2)20-15-7-5-4-6-8-15/h3-8,14H,1,9-13H2,2H3/p+1/t14-/m1/s1. The molecule has 0 aromatic heterocycles. The van der Waals surface area contributed by atoms with Gasteiger partial charge in [0.2, 0.25) is 0 Å². The number of rotatable bonds is 5. The maximum absolute atomic E-state index is 12.3. The molecule has 0 spiro atoms. The van der Waals surface area contributed by atoms with Crippen LogP contribution >= 0.6 is 0 Å². The quantitative estimate of drug-likeness (QED) is 0.788. The number of nitrogens with one attached hydrogen (secondary N) is 1. The van der Waals surface area contributed by atoms with Crippen molar-refractivity contribution in [2.45, 2.75) is 13.0 Å². The average molecular weight is 275 g/mol. The van der Waals surface area contributed by atoms with Gasteiger partial charge in [-0.05, 0) is 25.1 Å². The summed E-state index contributed by atoms with van der Waals surface area (Å²) in [4.78, 5) is 15.7. The van der Waals surface area contributed by atoms with E-state index in [1.165, 1.54) is 4.90 Å². The fourth-order valence-electron chi connectivity index (χ4n) is 2.46. The van der Waals surface area contributed by atoms with Gasteiger partial charge in [-0.25, -0.2) is 0 Å². The van der Waals surface area contributed by atoms with Crippen LogP contribution < -0.4 is 9.64 Å². The summed E-state index contributed by atoms with van der Waals surface area (Å²) in [6, 6.07) is 9.49. The predicted molar refractivity (Wildman–Crippen MR) is 78.9 cm³/mol. The van der Waals surface area contributed by atoms with Gasteiger partial charge in [0.1, 0.15) is 5.75 Å². The number of quaternary nitrogens is 1. The van der Waals surface area contributed by atoms with Gasteiger partial charge < -0.3 is 14.5 Å². The van der Waals surface area contributed by atoms with Gasteiger partial charge >= 0.3 is 0 Å². The number of para-hydroxylation sites is 1. The number of hydrogen-bond acceptors (Lipinski definition) is 2. The zero-order valence-corrected chi connectivity index (χ0v) is 12.0. The third kappa shape index (κ3) is 3.84. The molecule has 4 nitrogen and oxygen atoms in total. The molecule has 4 heteroatoms. The number of hydrogen-bond donors (Lipinski definition) is 1. The molecule has 1 aliphatic rings. The van der Waals surface area contributed by atoms with E-state index in [9.17, 15) is 4.79 Å². The lowest BCUT2D eigenvalue weighted by Gasteiger charge is -2.33. The maximum atomic E-state index is 12.3. The zero-order chi connectivity index (χ0) is 14.4. The summed E-state index contributed by atoms with van der Waals surface area (Å²) in [6.45, 7) is 10.1. The summed E-state index contributed by atoms with van der Waals surface area (Å²) in [5.41, 5.74) is 0. The monoisotopic (exact) mass is 275 g/mol. The van der Waals surface area contributed by atoms with Crippen LogP contribution in [0.3, 0.4) is 0 Å². The number of amides is 1. The molecule has 1 fully saturated rings. The van der Waals surface area contributed by atoms with E-state index in [-0.39, 0.29) is 5.91 Å². The molecular formula is C16H23N2O2+. The second-order valence-corrected chi connectivity index (χ2v) is 5.14. The summed E-state index contributed by atoms with van der Waals surface area (Å²) in [5, 5.41) is 0. The van der Waals surface area contributed by atoms with Crippen molar-refractivity contribution < 1.29 is 14.4 Å². The number of carbonyl (C=O) groups is 1. The highest BCUT2D eigenvalue weighted by atomic mass is 16.5. The van der Waals surface area contributed by atoms with Crippen molar-refractivity contribution in [2.24, 2.45) is 0 Å². The Morgan fingerprint density at radius 2 is 2.05 bits per heavy atom. The van der Waals surface area contributed by atoms with E-state index < -0.39 is 6.10 Å². The molecule has 20 heavy (non-hydrogen) atoms. The van der Waals surface area contributed by atoms with Crippen molar-refractivity contribution in [2.75, 3.05) is 32.7 Å². The van der Waals surface area contributed by atoms with E-state index in [4.69, 9.17) is 4.74 Å². The lowest BCUT2D eigenvalue weighted by Crippen LogP contribution is -3.14. The normalized spacial score (nSPS) is 17.6. The van der Waals surface area contributed by atoms with Crippen LogP contribution in [-0.4, -0.2) is 49.6 Å². The SMILES string of the molecule is C=CC[NH+]1CCN(C(=O)[C@@H](C)Oc2ccccc2)CC1. The molecule has 0 aliphatic carbocycles. The molecule has 1 saturated heterocycles. The number of piperazine rings is 1. The highest BCUT2D eigenvalue weighted by Crippen LogP contribution is 2.12. The zero-order valence-electron chi connectivity index (χ0n) is 12.0. The van der Waals surface area contributed by atoms with Gasteiger partial charge in [-0.2, -0.15) is 0 Å². The molecular weight excluding hydrogens is 252 g/mol. The van der Waals surface area contributed by atoms with Gasteiger partial charge in [-0.15, -0.1) is 0 Å². The van der Waals surface area contributed by atoms with Gasteiger partial charge in [0, 0.05) is 0 Å². The van der Waals surface area contributed by atoms with Gasteiger partial charge in [-0.3, -0.25) is 4.79 Å². The Bertz CT molecular complexity index is 439. The van der Waals surface area contributed by atoms with E-state index >= 15 is 0 Å². The molecule has 1 aromatic rings. The predicted octanol–water partition coefficient (Wildman–Crippen LogP) is 0.367. The molecule has 1 heterocycles. The first-order valence-electron chi connectivity index (χ1n) is 7.15. The smallest absolute Gasteiger partial charge is 0.263 e. The van der Waals surface area contributed by atoms with Crippen LogP contribution in [0.2, 0.25) is 0 Å². The van der Waals surface area contributed by atoms with Crippen molar-refractivity contribution >= 4 is 5.91 Å². The minimum Gasteiger partial charge on any atom is -0.481 e. The van der Waals surface area contributed by atoms with Crippen molar-refractivity contribution in [3.63, 3.8) is 0 Å². The minimum absolute atomic E-state index is 0.0755. The highest BCUT2D eigenvalue weighted by Gasteiger charge is 2.27. The van der Waals surface area contributed by atoms with Crippen LogP contribution in [0.1, 0.15) is 6.92 Å². The first-order chi connectivity index (χ1) is 9.70. The van der Waals surface area contributed by atoms with E-state index in [2.05, 4.69) is 6.58 Å². The highest BCUT2D eigenvalue weighted by molar-refractivity contribution is 5.81. The largest absolute Gasteiger partial charge is 0.481 e. The summed E-state index contributed by atoms with van der Waals surface area (Å²) in [6.07, 6.45) is 1.51. The molecule has 2 rings (SSSR count). The van der Waals surface area contributed by atoms with Crippen LogP contribution in [0.25, 0.3) is 0 Å². The molecule has 0 unspecified atom stereocenters. The molecule has 0 radical (unpaired) electrons. The molecule has 1 amide bonds. The Morgan fingerprint density at radius 1 is 1.40 bits per heavy atom. The summed E-state index contributed by atoms with van der Waals surface area (Å²) in [7, 11) is 0. The minimum atomic E-state index is -0.432. The Balaban J connectivity index is 1.84. The lowest BCUT2D eigenvalue weighted by atomic mass is 10.2. The van der Waals surface area contributed by atoms with Crippen LogP contribution in [-0.2, 0) is 4.79 Å². The van der Waals surface area contributed by atoms with E-state index in [1.807, 2.05) is 48.2 Å². The molecule has 1 atom stereocenters. The third-order valence-corrected chi connectivity index (χ3v) is 3.62. The molecule has 0 saturated carbocycles. The van der Waals surface area contributed by atoms with E-state index in [0.717, 1.165) is 38.5 Å². The first-order valence-corrected chi connectivity index (χ1v) is 7.15. The van der Waals surface area contributed by atoms with Crippen LogP contribution in [0.4, 0.5) is 0 Å². The van der Waals surface area contributed by atoms with Gasteiger partial charge in [0.15, 0.2) is 6.10 Å².